The van der Waals surface area contributed by atoms with Crippen LogP contribution in [-0.2, 0) is 4.79 Å². The summed E-state index contributed by atoms with van der Waals surface area (Å²) in [6.45, 7) is 6.56. The van der Waals surface area contributed by atoms with Gasteiger partial charge >= 0.3 is 0 Å². The molecule has 1 rings (SSSR count). The third-order valence-corrected chi connectivity index (χ3v) is 3.84. The van der Waals surface area contributed by atoms with Crippen LogP contribution in [0.25, 0.3) is 0 Å². The molecule has 3 nitrogen and oxygen atoms in total. The standard InChI is InChI=1S/C13H26N2O/c1-9(2)11-5-7-12(8-6-11)15-10(3)13(16)14-4/h9-12,15H,5-8H2,1-4H3,(H,14,16)/t10-,11?,12?/m1/s1. The van der Waals surface area contributed by atoms with Gasteiger partial charge in [-0.25, -0.2) is 0 Å². The molecule has 0 saturated heterocycles. The van der Waals surface area contributed by atoms with Crippen LogP contribution in [0.1, 0.15) is 46.5 Å². The van der Waals surface area contributed by atoms with Crippen LogP contribution in [0.15, 0.2) is 0 Å². The minimum Gasteiger partial charge on any atom is -0.358 e. The van der Waals surface area contributed by atoms with E-state index in [0.29, 0.717) is 6.04 Å². The van der Waals surface area contributed by atoms with E-state index in [2.05, 4.69) is 24.5 Å². The molecule has 0 aliphatic heterocycles. The van der Waals surface area contributed by atoms with Crippen LogP contribution < -0.4 is 10.6 Å². The molecule has 0 heterocycles. The Morgan fingerprint density at radius 2 is 1.69 bits per heavy atom. The highest BCUT2D eigenvalue weighted by molar-refractivity contribution is 5.80. The molecule has 0 aromatic heterocycles. The summed E-state index contributed by atoms with van der Waals surface area (Å²) < 4.78 is 0. The summed E-state index contributed by atoms with van der Waals surface area (Å²) in [5.74, 6) is 1.77. The van der Waals surface area contributed by atoms with Crippen molar-refractivity contribution in [3.63, 3.8) is 0 Å². The Morgan fingerprint density at radius 3 is 2.12 bits per heavy atom. The van der Waals surface area contributed by atoms with Gasteiger partial charge in [0.25, 0.3) is 0 Å². The van der Waals surface area contributed by atoms with Gasteiger partial charge in [0.1, 0.15) is 0 Å². The second-order valence-electron chi connectivity index (χ2n) is 5.36. The van der Waals surface area contributed by atoms with Gasteiger partial charge in [0.15, 0.2) is 0 Å². The van der Waals surface area contributed by atoms with Crippen molar-refractivity contribution in [2.24, 2.45) is 11.8 Å². The monoisotopic (exact) mass is 226 g/mol. The first-order valence-electron chi connectivity index (χ1n) is 6.52. The van der Waals surface area contributed by atoms with E-state index in [-0.39, 0.29) is 11.9 Å². The quantitative estimate of drug-likeness (QED) is 0.769. The summed E-state index contributed by atoms with van der Waals surface area (Å²) in [7, 11) is 1.69. The molecule has 2 N–H and O–H groups in total. The summed E-state index contributed by atoms with van der Waals surface area (Å²) >= 11 is 0. The van der Waals surface area contributed by atoms with Crippen molar-refractivity contribution in [2.45, 2.75) is 58.5 Å². The van der Waals surface area contributed by atoms with Gasteiger partial charge in [-0.1, -0.05) is 13.8 Å². The maximum absolute atomic E-state index is 11.4. The van der Waals surface area contributed by atoms with Crippen molar-refractivity contribution in [1.82, 2.24) is 10.6 Å². The molecule has 0 bridgehead atoms. The SMILES string of the molecule is CNC(=O)[C@@H](C)NC1CCC(C(C)C)CC1. The molecule has 3 heteroatoms. The summed E-state index contributed by atoms with van der Waals surface area (Å²) in [6.07, 6.45) is 5.03. The van der Waals surface area contributed by atoms with Crippen LogP contribution >= 0.6 is 0 Å². The fourth-order valence-electron chi connectivity index (χ4n) is 2.60. The van der Waals surface area contributed by atoms with Crippen LogP contribution in [-0.4, -0.2) is 25.0 Å². The summed E-state index contributed by atoms with van der Waals surface area (Å²) in [5, 5.41) is 6.10. The Hall–Kier alpha value is -0.570. The molecule has 1 fully saturated rings. The van der Waals surface area contributed by atoms with Crippen molar-refractivity contribution in [1.29, 1.82) is 0 Å². The highest BCUT2D eigenvalue weighted by atomic mass is 16.2. The Kier molecular flexibility index (Phi) is 5.26. The first-order valence-corrected chi connectivity index (χ1v) is 6.52. The van der Waals surface area contributed by atoms with E-state index in [4.69, 9.17) is 0 Å². The van der Waals surface area contributed by atoms with E-state index in [0.717, 1.165) is 11.8 Å². The van der Waals surface area contributed by atoms with Crippen molar-refractivity contribution >= 4 is 5.91 Å². The number of nitrogens with one attached hydrogen (secondary N) is 2. The number of carbonyl (C=O) groups is 1. The zero-order valence-electron chi connectivity index (χ0n) is 11.0. The van der Waals surface area contributed by atoms with Gasteiger partial charge in [-0.15, -0.1) is 0 Å². The van der Waals surface area contributed by atoms with Crippen LogP contribution in [0.3, 0.4) is 0 Å². The van der Waals surface area contributed by atoms with Crippen molar-refractivity contribution in [3.05, 3.63) is 0 Å². The predicted octanol–water partition coefficient (Wildman–Crippen LogP) is 1.93. The molecule has 0 radical (unpaired) electrons. The molecule has 16 heavy (non-hydrogen) atoms. The van der Waals surface area contributed by atoms with E-state index in [9.17, 15) is 4.79 Å². The molecule has 94 valence electrons. The first kappa shape index (κ1) is 13.5. The maximum atomic E-state index is 11.4. The minimum absolute atomic E-state index is 0.0643. The van der Waals surface area contributed by atoms with E-state index in [1.54, 1.807) is 7.05 Å². The van der Waals surface area contributed by atoms with Crippen LogP contribution in [0.2, 0.25) is 0 Å². The predicted molar refractivity (Wildman–Crippen MR) is 67.2 cm³/mol. The fraction of sp³-hybridized carbons (Fsp3) is 0.923. The zero-order chi connectivity index (χ0) is 12.1. The van der Waals surface area contributed by atoms with Crippen LogP contribution in [0, 0.1) is 11.8 Å². The number of hydrogen-bond acceptors (Lipinski definition) is 2. The van der Waals surface area contributed by atoms with Gasteiger partial charge in [-0.2, -0.15) is 0 Å². The van der Waals surface area contributed by atoms with Crippen molar-refractivity contribution in [3.8, 4) is 0 Å². The fourth-order valence-corrected chi connectivity index (χ4v) is 2.60. The lowest BCUT2D eigenvalue weighted by atomic mass is 9.79. The molecule has 1 saturated carbocycles. The van der Waals surface area contributed by atoms with Crippen molar-refractivity contribution < 1.29 is 4.79 Å². The van der Waals surface area contributed by atoms with E-state index < -0.39 is 0 Å². The smallest absolute Gasteiger partial charge is 0.236 e. The van der Waals surface area contributed by atoms with E-state index >= 15 is 0 Å². The molecule has 0 aromatic rings. The number of rotatable bonds is 4. The largest absolute Gasteiger partial charge is 0.358 e. The molecule has 0 unspecified atom stereocenters. The van der Waals surface area contributed by atoms with Gasteiger partial charge in [-0.3, -0.25) is 4.79 Å². The third-order valence-electron chi connectivity index (χ3n) is 3.84. The molecular formula is C13H26N2O. The Bertz CT molecular complexity index is 220. The molecule has 0 spiro atoms. The lowest BCUT2D eigenvalue weighted by Crippen LogP contribution is -2.46. The topological polar surface area (TPSA) is 41.1 Å². The second kappa shape index (κ2) is 6.24. The number of amides is 1. The number of hydrogen-bond donors (Lipinski definition) is 2. The van der Waals surface area contributed by atoms with Crippen molar-refractivity contribution in [2.75, 3.05) is 7.05 Å². The van der Waals surface area contributed by atoms with Gasteiger partial charge < -0.3 is 10.6 Å². The summed E-state index contributed by atoms with van der Waals surface area (Å²) in [4.78, 5) is 11.4. The highest BCUT2D eigenvalue weighted by Gasteiger charge is 2.25. The number of likely N-dealkylation sites (N-methyl/N-ethyl adjacent to an activating group) is 1. The van der Waals surface area contributed by atoms with Gasteiger partial charge in [0.2, 0.25) is 5.91 Å². The minimum atomic E-state index is -0.0643. The Labute approximate surface area is 99.4 Å². The van der Waals surface area contributed by atoms with E-state index in [1.165, 1.54) is 25.7 Å². The average molecular weight is 226 g/mol. The van der Waals surface area contributed by atoms with Gasteiger partial charge in [-0.05, 0) is 44.4 Å². The second-order valence-corrected chi connectivity index (χ2v) is 5.36. The molecule has 1 atom stereocenters. The third kappa shape index (κ3) is 3.78. The van der Waals surface area contributed by atoms with E-state index in [1.807, 2.05) is 6.92 Å². The first-order chi connectivity index (χ1) is 7.54. The zero-order valence-corrected chi connectivity index (χ0v) is 11.0. The lowest BCUT2D eigenvalue weighted by Gasteiger charge is -2.32. The summed E-state index contributed by atoms with van der Waals surface area (Å²) in [5.41, 5.74) is 0. The molecule has 1 aliphatic rings. The normalized spacial score (nSPS) is 27.8. The van der Waals surface area contributed by atoms with Gasteiger partial charge in [0, 0.05) is 13.1 Å². The summed E-state index contributed by atoms with van der Waals surface area (Å²) in [6, 6.07) is 0.466. The maximum Gasteiger partial charge on any atom is 0.236 e. The molecule has 0 aromatic carbocycles. The molecular weight excluding hydrogens is 200 g/mol. The molecule has 1 aliphatic carbocycles. The average Bonchev–Trinajstić information content (AvgIpc) is 2.28. The Balaban J connectivity index is 2.29. The van der Waals surface area contributed by atoms with Gasteiger partial charge in [0.05, 0.1) is 6.04 Å². The van der Waals surface area contributed by atoms with Crippen LogP contribution in [0.4, 0.5) is 0 Å². The highest BCUT2D eigenvalue weighted by Crippen LogP contribution is 2.29. The Morgan fingerprint density at radius 1 is 1.12 bits per heavy atom. The lowest BCUT2D eigenvalue weighted by molar-refractivity contribution is -0.122. The molecule has 1 amide bonds. The van der Waals surface area contributed by atoms with Crippen LogP contribution in [0.5, 0.6) is 0 Å². The number of carbonyl (C=O) groups excluding carboxylic acids is 1.